The van der Waals surface area contributed by atoms with Crippen LogP contribution in [0, 0.1) is 0 Å². The van der Waals surface area contributed by atoms with E-state index in [2.05, 4.69) is 10.5 Å². The summed E-state index contributed by atoms with van der Waals surface area (Å²) >= 11 is 0. The predicted molar refractivity (Wildman–Crippen MR) is 74.3 cm³/mol. The van der Waals surface area contributed by atoms with Gasteiger partial charge in [0.25, 0.3) is 5.91 Å². The number of hydrazone groups is 1. The van der Waals surface area contributed by atoms with Gasteiger partial charge in [0.2, 0.25) is 11.9 Å². The number of rotatable bonds is 4. The number of furan rings is 1. The van der Waals surface area contributed by atoms with Crippen LogP contribution in [0.5, 0.6) is 11.5 Å². The Balaban J connectivity index is 1.66. The molecular weight excluding hydrogens is 328 g/mol. The summed E-state index contributed by atoms with van der Waals surface area (Å²) in [6.45, 7) is 0.0992. The molecule has 10 heteroatoms. The summed E-state index contributed by atoms with van der Waals surface area (Å²) < 4.78 is 47.2. The Morgan fingerprint density at radius 3 is 2.74 bits per heavy atom. The quantitative estimate of drug-likeness (QED) is 0.493. The Kier molecular flexibility index (Phi) is 3.76. The van der Waals surface area contributed by atoms with Crippen LogP contribution < -0.4 is 14.9 Å². The summed E-state index contributed by atoms with van der Waals surface area (Å²) in [5.74, 6) is 0.498. The molecule has 0 aliphatic carbocycles. The minimum Gasteiger partial charge on any atom is -0.742 e. The van der Waals surface area contributed by atoms with Crippen molar-refractivity contribution in [2.75, 3.05) is 6.79 Å². The number of nitrogens with zero attached hydrogens (tertiary/aromatic N) is 1. The Morgan fingerprint density at radius 1 is 1.22 bits per heavy atom. The monoisotopic (exact) mass is 337 g/mol. The highest BCUT2D eigenvalue weighted by molar-refractivity contribution is 7.85. The molecule has 3 rings (SSSR count). The van der Waals surface area contributed by atoms with Gasteiger partial charge in [0.15, 0.2) is 21.6 Å². The first-order valence-electron chi connectivity index (χ1n) is 6.22. The van der Waals surface area contributed by atoms with Gasteiger partial charge in [0, 0.05) is 5.56 Å². The summed E-state index contributed by atoms with van der Waals surface area (Å²) in [4.78, 5) is 11.9. The number of nitrogens with one attached hydrogen (secondary N) is 1. The lowest BCUT2D eigenvalue weighted by Crippen LogP contribution is -2.17. The van der Waals surface area contributed by atoms with E-state index < -0.39 is 21.1 Å². The maximum atomic E-state index is 11.9. The normalized spacial score (nSPS) is 13.4. The zero-order valence-corrected chi connectivity index (χ0v) is 12.2. The van der Waals surface area contributed by atoms with Gasteiger partial charge in [-0.25, -0.2) is 13.8 Å². The highest BCUT2D eigenvalue weighted by Crippen LogP contribution is 2.32. The van der Waals surface area contributed by atoms with Crippen LogP contribution in [0.1, 0.15) is 16.1 Å². The maximum Gasteiger partial charge on any atom is 0.271 e. The highest BCUT2D eigenvalue weighted by Gasteiger charge is 2.15. The molecule has 0 radical (unpaired) electrons. The van der Waals surface area contributed by atoms with Crippen molar-refractivity contribution in [1.82, 2.24) is 5.43 Å². The molecule has 0 bridgehead atoms. The maximum absolute atomic E-state index is 11.9. The fourth-order valence-electron chi connectivity index (χ4n) is 1.79. The summed E-state index contributed by atoms with van der Waals surface area (Å²) in [5, 5.41) is 2.90. The molecule has 120 valence electrons. The third kappa shape index (κ3) is 3.33. The first-order chi connectivity index (χ1) is 10.9. The Hall–Kier alpha value is -2.85. The molecule has 0 saturated heterocycles. The van der Waals surface area contributed by atoms with Crippen LogP contribution >= 0.6 is 0 Å². The molecule has 2 heterocycles. The average molecular weight is 337 g/mol. The van der Waals surface area contributed by atoms with E-state index in [0.717, 1.165) is 12.3 Å². The SMILES string of the molecule is O=C(N/N=C\c1ccc(S(=O)(=O)[O-])o1)c1ccc2c(c1)OCO2. The third-order valence-corrected chi connectivity index (χ3v) is 3.55. The number of benzene rings is 1. The summed E-state index contributed by atoms with van der Waals surface area (Å²) in [6.07, 6.45) is 1.07. The minimum absolute atomic E-state index is 0.00501. The number of fused-ring (bicyclic) bond motifs is 1. The summed E-state index contributed by atoms with van der Waals surface area (Å²) in [5.41, 5.74) is 2.53. The number of carbonyl (C=O) groups is 1. The zero-order valence-electron chi connectivity index (χ0n) is 11.4. The average Bonchev–Trinajstić information content (AvgIpc) is 3.14. The van der Waals surface area contributed by atoms with Gasteiger partial charge in [-0.1, -0.05) is 0 Å². The van der Waals surface area contributed by atoms with Crippen LogP contribution in [0.25, 0.3) is 0 Å². The molecular formula is C13H9N2O7S-. The van der Waals surface area contributed by atoms with Crippen molar-refractivity contribution < 1.29 is 31.7 Å². The van der Waals surface area contributed by atoms with Crippen LogP contribution in [0.3, 0.4) is 0 Å². The van der Waals surface area contributed by atoms with Gasteiger partial charge in [-0.2, -0.15) is 5.10 Å². The van der Waals surface area contributed by atoms with Gasteiger partial charge >= 0.3 is 0 Å². The number of hydrogen-bond acceptors (Lipinski definition) is 8. The molecule has 0 atom stereocenters. The second-order valence-corrected chi connectivity index (χ2v) is 5.69. The third-order valence-electron chi connectivity index (χ3n) is 2.84. The predicted octanol–water partition coefficient (Wildman–Crippen LogP) is 0.676. The van der Waals surface area contributed by atoms with Crippen LogP contribution in [0.2, 0.25) is 0 Å². The molecule has 0 spiro atoms. The molecule has 1 aromatic heterocycles. The molecule has 0 fully saturated rings. The van der Waals surface area contributed by atoms with E-state index in [1.54, 1.807) is 6.07 Å². The van der Waals surface area contributed by atoms with Gasteiger partial charge in [0.1, 0.15) is 5.76 Å². The lowest BCUT2D eigenvalue weighted by molar-refractivity contribution is 0.0954. The Morgan fingerprint density at radius 2 is 2.00 bits per heavy atom. The van der Waals surface area contributed by atoms with E-state index in [9.17, 15) is 17.8 Å². The van der Waals surface area contributed by atoms with E-state index >= 15 is 0 Å². The molecule has 0 saturated carbocycles. The van der Waals surface area contributed by atoms with Crippen LogP contribution in [0.15, 0.2) is 44.9 Å². The van der Waals surface area contributed by atoms with Gasteiger partial charge in [-0.05, 0) is 30.3 Å². The van der Waals surface area contributed by atoms with E-state index in [-0.39, 0.29) is 12.6 Å². The Labute approximate surface area is 130 Å². The lowest BCUT2D eigenvalue weighted by atomic mass is 10.2. The molecule has 9 nitrogen and oxygen atoms in total. The van der Waals surface area contributed by atoms with Crippen molar-refractivity contribution in [1.29, 1.82) is 0 Å². The number of carbonyl (C=O) groups excluding carboxylic acids is 1. The minimum atomic E-state index is -4.66. The van der Waals surface area contributed by atoms with Crippen LogP contribution in [0.4, 0.5) is 0 Å². The van der Waals surface area contributed by atoms with Crippen molar-refractivity contribution in [2.45, 2.75) is 5.09 Å². The lowest BCUT2D eigenvalue weighted by Gasteiger charge is -2.01. The first-order valence-corrected chi connectivity index (χ1v) is 7.63. The molecule has 1 aliphatic heterocycles. The second-order valence-electron chi connectivity index (χ2n) is 4.38. The first kappa shape index (κ1) is 15.1. The molecule has 23 heavy (non-hydrogen) atoms. The number of amides is 1. The molecule has 2 aromatic rings. The molecule has 1 aliphatic rings. The van der Waals surface area contributed by atoms with E-state index in [1.807, 2.05) is 0 Å². The second kappa shape index (κ2) is 5.74. The Bertz CT molecular complexity index is 885. The van der Waals surface area contributed by atoms with Gasteiger partial charge in [-0.3, -0.25) is 4.79 Å². The van der Waals surface area contributed by atoms with Crippen molar-refractivity contribution in [3.63, 3.8) is 0 Å². The topological polar surface area (TPSA) is 130 Å². The molecule has 1 amide bonds. The fourth-order valence-corrected chi connectivity index (χ4v) is 2.23. The van der Waals surface area contributed by atoms with Crippen molar-refractivity contribution in [3.05, 3.63) is 41.7 Å². The standard InChI is InChI=1S/C13H10N2O7S/c16-13(8-1-3-10-11(5-8)21-7-20-10)15-14-6-9-2-4-12(22-9)23(17,18)19/h1-6H,7H2,(H,15,16)(H,17,18,19)/p-1/b14-6-. The molecule has 1 N–H and O–H groups in total. The smallest absolute Gasteiger partial charge is 0.271 e. The van der Waals surface area contributed by atoms with E-state index in [4.69, 9.17) is 13.9 Å². The largest absolute Gasteiger partial charge is 0.742 e. The molecule has 1 aromatic carbocycles. The summed E-state index contributed by atoms with van der Waals surface area (Å²) in [6, 6.07) is 6.87. The number of hydrogen-bond donors (Lipinski definition) is 1. The van der Waals surface area contributed by atoms with Crippen molar-refractivity contribution in [3.8, 4) is 11.5 Å². The van der Waals surface area contributed by atoms with Crippen LogP contribution in [-0.4, -0.2) is 31.9 Å². The van der Waals surface area contributed by atoms with Crippen molar-refractivity contribution in [2.24, 2.45) is 5.10 Å². The number of ether oxygens (including phenoxy) is 2. The van der Waals surface area contributed by atoms with E-state index in [1.165, 1.54) is 18.2 Å². The van der Waals surface area contributed by atoms with Crippen LogP contribution in [-0.2, 0) is 10.1 Å². The molecule has 0 unspecified atom stereocenters. The van der Waals surface area contributed by atoms with Gasteiger partial charge in [-0.15, -0.1) is 0 Å². The fraction of sp³-hybridized carbons (Fsp3) is 0.0769. The highest BCUT2D eigenvalue weighted by atomic mass is 32.2. The van der Waals surface area contributed by atoms with Gasteiger partial charge in [0.05, 0.1) is 6.21 Å². The zero-order chi connectivity index (χ0) is 16.4. The van der Waals surface area contributed by atoms with E-state index in [0.29, 0.717) is 17.1 Å². The van der Waals surface area contributed by atoms with Crippen molar-refractivity contribution >= 4 is 22.2 Å². The summed E-state index contributed by atoms with van der Waals surface area (Å²) in [7, 11) is -4.66. The van der Waals surface area contributed by atoms with Gasteiger partial charge < -0.3 is 18.4 Å².